The van der Waals surface area contributed by atoms with Gasteiger partial charge in [-0.1, -0.05) is 6.07 Å². The summed E-state index contributed by atoms with van der Waals surface area (Å²) in [6.07, 6.45) is 1.71. The van der Waals surface area contributed by atoms with Crippen LogP contribution in [0.5, 0.6) is 5.75 Å². The summed E-state index contributed by atoms with van der Waals surface area (Å²) >= 11 is 0. The van der Waals surface area contributed by atoms with Gasteiger partial charge in [-0.05, 0) is 38.2 Å². The maximum absolute atomic E-state index is 11.2. The minimum atomic E-state index is -1.12. The second kappa shape index (κ2) is 5.24. The second-order valence-electron chi connectivity index (χ2n) is 4.50. The van der Waals surface area contributed by atoms with Crippen LogP contribution in [0, 0.1) is 0 Å². The highest BCUT2D eigenvalue weighted by atomic mass is 16.5. The molecule has 2 rings (SSSR count). The first-order valence-corrected chi connectivity index (χ1v) is 5.96. The number of likely N-dealkylation sites (N-methyl/N-ethyl adjacent to an activating group) is 1. The molecule has 0 bridgehead atoms. The number of benzene rings is 1. The third-order valence-electron chi connectivity index (χ3n) is 3.15. The molecule has 2 N–H and O–H groups in total. The van der Waals surface area contributed by atoms with Crippen molar-refractivity contribution in [3.8, 4) is 5.75 Å². The normalized spacial score (nSPS) is 14.0. The molecule has 0 fully saturated rings. The van der Waals surface area contributed by atoms with Crippen molar-refractivity contribution in [3.63, 3.8) is 0 Å². The molecule has 0 saturated carbocycles. The van der Waals surface area contributed by atoms with E-state index in [-0.39, 0.29) is 6.61 Å². The summed E-state index contributed by atoms with van der Waals surface area (Å²) in [6, 6.07) is 9.25. The van der Waals surface area contributed by atoms with Gasteiger partial charge >= 0.3 is 5.97 Å². The van der Waals surface area contributed by atoms with Crippen LogP contribution >= 0.6 is 0 Å². The van der Waals surface area contributed by atoms with E-state index in [0.717, 1.165) is 10.9 Å². The summed E-state index contributed by atoms with van der Waals surface area (Å²) in [5.41, 5.74) is -0.300. The predicted octanol–water partition coefficient (Wildman–Crippen LogP) is 1.68. The van der Waals surface area contributed by atoms with Gasteiger partial charge in [-0.25, -0.2) is 0 Å². The van der Waals surface area contributed by atoms with E-state index in [9.17, 15) is 4.79 Å². The van der Waals surface area contributed by atoms with E-state index in [1.807, 2.05) is 30.3 Å². The van der Waals surface area contributed by atoms with Crippen molar-refractivity contribution in [2.24, 2.45) is 0 Å². The molecule has 0 amide bonds. The Labute approximate surface area is 111 Å². The Morgan fingerprint density at radius 2 is 2.21 bits per heavy atom. The first-order valence-electron chi connectivity index (χ1n) is 5.96. The molecule has 0 aliphatic rings. The molecule has 5 heteroatoms. The number of aromatic nitrogens is 1. The number of fused-ring (bicyclic) bond motifs is 1. The number of aliphatic carboxylic acids is 1. The minimum Gasteiger partial charge on any atom is -0.490 e. The molecule has 100 valence electrons. The third kappa shape index (κ3) is 2.66. The minimum absolute atomic E-state index is 0.0346. The lowest BCUT2D eigenvalue weighted by Crippen LogP contribution is -2.52. The molecule has 0 aliphatic carbocycles. The van der Waals surface area contributed by atoms with Crippen LogP contribution in [0.1, 0.15) is 6.92 Å². The monoisotopic (exact) mass is 260 g/mol. The van der Waals surface area contributed by atoms with Crippen LogP contribution in [-0.4, -0.2) is 35.3 Å². The lowest BCUT2D eigenvalue weighted by Gasteiger charge is -2.24. The van der Waals surface area contributed by atoms with Gasteiger partial charge in [0.15, 0.2) is 0 Å². The molecule has 19 heavy (non-hydrogen) atoms. The quantitative estimate of drug-likeness (QED) is 0.855. The molecule has 1 aromatic heterocycles. The molecule has 1 unspecified atom stereocenters. The predicted molar refractivity (Wildman–Crippen MR) is 72.3 cm³/mol. The average Bonchev–Trinajstić information content (AvgIpc) is 2.44. The van der Waals surface area contributed by atoms with Crippen molar-refractivity contribution in [2.75, 3.05) is 13.7 Å². The number of rotatable bonds is 5. The fourth-order valence-electron chi connectivity index (χ4n) is 1.66. The molecule has 0 saturated heterocycles. The molecule has 0 radical (unpaired) electrons. The summed E-state index contributed by atoms with van der Waals surface area (Å²) in [5.74, 6) is -0.318. The molecule has 5 nitrogen and oxygen atoms in total. The maximum Gasteiger partial charge on any atom is 0.327 e. The lowest BCUT2D eigenvalue weighted by molar-refractivity contribution is -0.145. The Bertz CT molecular complexity index is 595. The van der Waals surface area contributed by atoms with Crippen LogP contribution in [0.2, 0.25) is 0 Å². The van der Waals surface area contributed by atoms with Crippen LogP contribution in [-0.2, 0) is 4.79 Å². The van der Waals surface area contributed by atoms with Gasteiger partial charge in [0.05, 0.1) is 5.52 Å². The number of hydrogen-bond acceptors (Lipinski definition) is 4. The zero-order chi connectivity index (χ0) is 13.9. The first kappa shape index (κ1) is 13.3. The number of carboxylic acid groups (broad SMARTS) is 1. The van der Waals surface area contributed by atoms with Crippen LogP contribution in [0.25, 0.3) is 10.9 Å². The molecule has 0 aliphatic heterocycles. The van der Waals surface area contributed by atoms with Crippen molar-refractivity contribution in [3.05, 3.63) is 36.5 Å². The van der Waals surface area contributed by atoms with Gasteiger partial charge in [-0.3, -0.25) is 9.78 Å². The van der Waals surface area contributed by atoms with E-state index >= 15 is 0 Å². The SMILES string of the molecule is CNC(C)(COc1cccc2ncccc12)C(=O)O. The van der Waals surface area contributed by atoms with Gasteiger partial charge < -0.3 is 15.2 Å². The molecular formula is C14H16N2O3. The highest BCUT2D eigenvalue weighted by Gasteiger charge is 2.32. The maximum atomic E-state index is 11.2. The highest BCUT2D eigenvalue weighted by molar-refractivity contribution is 5.85. The Morgan fingerprint density at radius 3 is 2.89 bits per heavy atom. The van der Waals surface area contributed by atoms with Crippen molar-refractivity contribution >= 4 is 16.9 Å². The summed E-state index contributed by atoms with van der Waals surface area (Å²) in [4.78, 5) is 15.4. The van der Waals surface area contributed by atoms with E-state index < -0.39 is 11.5 Å². The van der Waals surface area contributed by atoms with Gasteiger partial charge in [-0.15, -0.1) is 0 Å². The largest absolute Gasteiger partial charge is 0.490 e. The average molecular weight is 260 g/mol. The van der Waals surface area contributed by atoms with E-state index in [0.29, 0.717) is 5.75 Å². The lowest BCUT2D eigenvalue weighted by atomic mass is 10.1. The topological polar surface area (TPSA) is 71.5 Å². The van der Waals surface area contributed by atoms with Gasteiger partial charge in [-0.2, -0.15) is 0 Å². The van der Waals surface area contributed by atoms with Crippen LogP contribution in [0.3, 0.4) is 0 Å². The van der Waals surface area contributed by atoms with Crippen molar-refractivity contribution in [1.29, 1.82) is 0 Å². The van der Waals surface area contributed by atoms with Gasteiger partial charge in [0, 0.05) is 11.6 Å². The smallest absolute Gasteiger partial charge is 0.327 e. The molecule has 1 atom stereocenters. The summed E-state index contributed by atoms with van der Waals surface area (Å²) in [5, 5.41) is 12.8. The molecule has 1 heterocycles. The van der Waals surface area contributed by atoms with Gasteiger partial charge in [0.25, 0.3) is 0 Å². The van der Waals surface area contributed by atoms with Crippen LogP contribution < -0.4 is 10.1 Å². The van der Waals surface area contributed by atoms with Crippen LogP contribution in [0.4, 0.5) is 0 Å². The highest BCUT2D eigenvalue weighted by Crippen LogP contribution is 2.24. The number of pyridine rings is 1. The van der Waals surface area contributed by atoms with Crippen LogP contribution in [0.15, 0.2) is 36.5 Å². The van der Waals surface area contributed by atoms with Crippen molar-refractivity contribution in [1.82, 2.24) is 10.3 Å². The fraction of sp³-hybridized carbons (Fsp3) is 0.286. The summed E-state index contributed by atoms with van der Waals surface area (Å²) in [6.45, 7) is 1.62. The van der Waals surface area contributed by atoms with Crippen molar-refractivity contribution in [2.45, 2.75) is 12.5 Å². The fourth-order valence-corrected chi connectivity index (χ4v) is 1.66. The number of nitrogens with one attached hydrogen (secondary N) is 1. The first-order chi connectivity index (χ1) is 9.07. The molecular weight excluding hydrogens is 244 g/mol. The van der Waals surface area contributed by atoms with Gasteiger partial charge in [0.1, 0.15) is 17.9 Å². The van der Waals surface area contributed by atoms with Gasteiger partial charge in [0.2, 0.25) is 0 Å². The number of hydrogen-bond donors (Lipinski definition) is 2. The van der Waals surface area contributed by atoms with E-state index in [1.54, 1.807) is 20.2 Å². The number of ether oxygens (including phenoxy) is 1. The standard InChI is InChI=1S/C14H16N2O3/c1-14(15-2,13(17)18)9-19-12-7-3-6-11-10(12)5-4-8-16-11/h3-8,15H,9H2,1-2H3,(H,17,18). The summed E-state index contributed by atoms with van der Waals surface area (Å²) in [7, 11) is 1.60. The zero-order valence-corrected chi connectivity index (χ0v) is 10.9. The van der Waals surface area contributed by atoms with E-state index in [1.165, 1.54) is 0 Å². The molecule has 0 spiro atoms. The summed E-state index contributed by atoms with van der Waals surface area (Å²) < 4.78 is 5.65. The molecule has 1 aromatic carbocycles. The van der Waals surface area contributed by atoms with Crippen molar-refractivity contribution < 1.29 is 14.6 Å². The molecule has 2 aromatic rings. The Morgan fingerprint density at radius 1 is 1.42 bits per heavy atom. The second-order valence-corrected chi connectivity index (χ2v) is 4.50. The van der Waals surface area contributed by atoms with E-state index in [2.05, 4.69) is 10.3 Å². The Balaban J connectivity index is 2.25. The Kier molecular flexibility index (Phi) is 3.66. The van der Waals surface area contributed by atoms with E-state index in [4.69, 9.17) is 9.84 Å². The third-order valence-corrected chi connectivity index (χ3v) is 3.15. The number of nitrogens with zero attached hydrogens (tertiary/aromatic N) is 1. The zero-order valence-electron chi connectivity index (χ0n) is 10.9. The number of carboxylic acids is 1. The Hall–Kier alpha value is -2.14. The number of carbonyl (C=O) groups is 1.